The van der Waals surface area contributed by atoms with Gasteiger partial charge in [0, 0.05) is 5.92 Å². The van der Waals surface area contributed by atoms with Crippen LogP contribution in [0.25, 0.3) is 0 Å². The Morgan fingerprint density at radius 3 is 2.44 bits per heavy atom. The van der Waals surface area contributed by atoms with E-state index >= 15 is 0 Å². The number of aromatic hydroxyl groups is 1. The molecule has 0 radical (unpaired) electrons. The second kappa shape index (κ2) is 10.5. The molecule has 0 spiro atoms. The van der Waals surface area contributed by atoms with Crippen molar-refractivity contribution in [3.8, 4) is 11.5 Å². The van der Waals surface area contributed by atoms with E-state index in [9.17, 15) is 34.3 Å². The topological polar surface area (TPSA) is 145 Å². The molecule has 0 aromatic heterocycles. The van der Waals surface area contributed by atoms with E-state index in [4.69, 9.17) is 39.5 Å². The average molecular weight is 713 g/mol. The zero-order valence-corrected chi connectivity index (χ0v) is 26.2. The first-order chi connectivity index (χ1) is 20.3. The maximum absolute atomic E-state index is 14.1. The Labute approximate surface area is 269 Å². The predicted octanol–water partition coefficient (Wildman–Crippen LogP) is 2.65. The van der Waals surface area contributed by atoms with E-state index in [1.165, 1.54) is 43.5 Å². The third-order valence-electron chi connectivity index (χ3n) is 9.05. The Balaban J connectivity index is 1.52. The van der Waals surface area contributed by atoms with Gasteiger partial charge in [-0.2, -0.15) is 0 Å². The lowest BCUT2D eigenvalue weighted by molar-refractivity contribution is -0.138. The van der Waals surface area contributed by atoms with Gasteiger partial charge in [0.05, 0.1) is 35.1 Å². The Kier molecular flexibility index (Phi) is 7.42. The molecule has 2 aliphatic heterocycles. The highest BCUT2D eigenvalue weighted by molar-refractivity contribution is 9.09. The van der Waals surface area contributed by atoms with E-state index in [0.29, 0.717) is 11.1 Å². The molecule has 4 aliphatic rings. The fourth-order valence-corrected chi connectivity index (χ4v) is 8.77. The molecule has 2 aromatic rings. The number of alkyl halides is 3. The Bertz CT molecular complexity index is 1640. The van der Waals surface area contributed by atoms with E-state index < -0.39 is 64.2 Å². The summed E-state index contributed by atoms with van der Waals surface area (Å²) in [6.07, 6.45) is 1.69. The minimum atomic E-state index is -2.04. The number of allylic oxidation sites excluding steroid dienone is 2. The summed E-state index contributed by atoms with van der Waals surface area (Å²) in [5.74, 6) is -6.49. The van der Waals surface area contributed by atoms with Crippen molar-refractivity contribution in [2.24, 2.45) is 17.8 Å². The minimum Gasteiger partial charge on any atom is -0.503 e. The highest BCUT2D eigenvalue weighted by atomic mass is 79.9. The molecule has 4 amide bonds. The van der Waals surface area contributed by atoms with Crippen LogP contribution >= 0.6 is 50.7 Å². The first kappa shape index (κ1) is 30.4. The zero-order valence-electron chi connectivity index (χ0n) is 22.3. The SMILES string of the molecule is COc1cc(C2C3=CCC4C(=O)N(c5cccc(B(O)O)c5)C(=O)C4C3CC3(Cl)C(=O)N(CBr)C(=O)C23Cl)cc(Cl)c1O. The lowest BCUT2D eigenvalue weighted by atomic mass is 9.56. The highest BCUT2D eigenvalue weighted by Crippen LogP contribution is 2.66. The third kappa shape index (κ3) is 4.07. The third-order valence-corrected chi connectivity index (χ3v) is 11.2. The minimum absolute atomic E-state index is 0.00211. The Morgan fingerprint density at radius 2 is 1.79 bits per heavy atom. The van der Waals surface area contributed by atoms with Crippen molar-refractivity contribution in [3.63, 3.8) is 0 Å². The van der Waals surface area contributed by atoms with Gasteiger partial charge in [-0.25, -0.2) is 0 Å². The quantitative estimate of drug-likeness (QED) is 0.141. The number of imide groups is 2. The van der Waals surface area contributed by atoms with E-state index in [2.05, 4.69) is 15.9 Å². The Hall–Kier alpha value is -2.61. The normalized spacial score (nSPS) is 31.6. The summed E-state index contributed by atoms with van der Waals surface area (Å²) >= 11 is 24.0. The number of phenolic OH excluding ortho intramolecular Hbond substituents is 1. The number of nitrogens with zero attached hydrogens (tertiary/aromatic N) is 2. The number of hydrogen-bond acceptors (Lipinski definition) is 8. The van der Waals surface area contributed by atoms with Crippen molar-refractivity contribution < 1.29 is 39.1 Å². The van der Waals surface area contributed by atoms with Crippen molar-refractivity contribution in [3.05, 3.63) is 58.6 Å². The number of carbonyl (C=O) groups excluding carboxylic acids is 4. The molecule has 10 nitrogen and oxygen atoms in total. The highest BCUT2D eigenvalue weighted by Gasteiger charge is 2.76. The molecule has 43 heavy (non-hydrogen) atoms. The van der Waals surface area contributed by atoms with E-state index in [-0.39, 0.29) is 46.0 Å². The van der Waals surface area contributed by atoms with Crippen LogP contribution in [0.2, 0.25) is 5.02 Å². The van der Waals surface area contributed by atoms with Gasteiger partial charge in [-0.3, -0.25) is 29.0 Å². The fourth-order valence-electron chi connectivity index (χ4n) is 7.12. The van der Waals surface area contributed by atoms with Gasteiger partial charge >= 0.3 is 7.12 Å². The number of likely N-dealkylation sites (tertiary alicyclic amines) is 1. The molecular formula is C28H23BBrCl3N2O8. The number of rotatable bonds is 5. The second-order valence-electron chi connectivity index (χ2n) is 11.0. The van der Waals surface area contributed by atoms with E-state index in [1.807, 2.05) is 0 Å². The lowest BCUT2D eigenvalue weighted by Gasteiger charge is -2.50. The number of methoxy groups -OCH3 is 1. The molecule has 3 fully saturated rings. The summed E-state index contributed by atoms with van der Waals surface area (Å²) in [5.41, 5.74) is 0.956. The second-order valence-corrected chi connectivity index (χ2v) is 13.2. The van der Waals surface area contributed by atoms with Crippen LogP contribution in [0.5, 0.6) is 11.5 Å². The van der Waals surface area contributed by atoms with Gasteiger partial charge < -0.3 is 19.9 Å². The molecule has 6 rings (SSSR count). The maximum atomic E-state index is 14.1. The maximum Gasteiger partial charge on any atom is 0.488 e. The molecule has 0 bridgehead atoms. The molecule has 2 aliphatic carbocycles. The predicted molar refractivity (Wildman–Crippen MR) is 162 cm³/mol. The van der Waals surface area contributed by atoms with Crippen LogP contribution in [0.4, 0.5) is 5.69 Å². The largest absolute Gasteiger partial charge is 0.503 e. The van der Waals surface area contributed by atoms with Crippen molar-refractivity contribution in [1.82, 2.24) is 4.90 Å². The van der Waals surface area contributed by atoms with Crippen molar-refractivity contribution in [2.75, 3.05) is 17.5 Å². The van der Waals surface area contributed by atoms with Crippen LogP contribution in [0.15, 0.2) is 48.0 Å². The molecule has 15 heteroatoms. The van der Waals surface area contributed by atoms with Gasteiger partial charge in [0.1, 0.15) is 0 Å². The van der Waals surface area contributed by atoms with Crippen molar-refractivity contribution in [2.45, 2.75) is 28.5 Å². The average Bonchev–Trinajstić information content (AvgIpc) is 3.32. The summed E-state index contributed by atoms with van der Waals surface area (Å²) in [6, 6.07) is 8.68. The molecule has 2 saturated heterocycles. The van der Waals surface area contributed by atoms with Crippen molar-refractivity contribution >= 4 is 92.6 Å². The summed E-state index contributed by atoms with van der Waals surface area (Å²) in [6.45, 7) is 0. The molecule has 6 unspecified atom stereocenters. The van der Waals surface area contributed by atoms with Gasteiger partial charge in [0.2, 0.25) is 11.8 Å². The number of fused-ring (bicyclic) bond motifs is 4. The van der Waals surface area contributed by atoms with Gasteiger partial charge in [-0.1, -0.05) is 51.3 Å². The van der Waals surface area contributed by atoms with Gasteiger partial charge in [0.25, 0.3) is 11.8 Å². The van der Waals surface area contributed by atoms with E-state index in [0.717, 1.165) is 9.80 Å². The number of anilines is 1. The van der Waals surface area contributed by atoms with Gasteiger partial charge in [0.15, 0.2) is 21.2 Å². The number of halogens is 4. The Morgan fingerprint density at radius 1 is 1.07 bits per heavy atom. The van der Waals surface area contributed by atoms with Crippen LogP contribution in [-0.2, 0) is 19.2 Å². The van der Waals surface area contributed by atoms with Crippen LogP contribution in [0.3, 0.4) is 0 Å². The monoisotopic (exact) mass is 710 g/mol. The number of ether oxygens (including phenoxy) is 1. The molecular weight excluding hydrogens is 689 g/mol. The number of carbonyl (C=O) groups is 4. The first-order valence-corrected chi connectivity index (χ1v) is 15.5. The smallest absolute Gasteiger partial charge is 0.488 e. The van der Waals surface area contributed by atoms with Crippen LogP contribution in [0, 0.1) is 17.8 Å². The van der Waals surface area contributed by atoms with Gasteiger partial charge in [-0.05, 0) is 54.1 Å². The van der Waals surface area contributed by atoms with Crippen molar-refractivity contribution in [1.29, 1.82) is 0 Å². The number of hydrogen-bond donors (Lipinski definition) is 3. The van der Waals surface area contributed by atoms with Crippen LogP contribution in [-0.4, -0.2) is 73.1 Å². The summed E-state index contributed by atoms with van der Waals surface area (Å²) in [7, 11) is -0.488. The van der Waals surface area contributed by atoms with Crippen LogP contribution < -0.4 is 15.1 Å². The molecule has 2 aromatic carbocycles. The summed E-state index contributed by atoms with van der Waals surface area (Å²) < 4.78 is 5.30. The number of amides is 4. The molecule has 6 atom stereocenters. The first-order valence-electron chi connectivity index (χ1n) is 13.2. The van der Waals surface area contributed by atoms with E-state index in [1.54, 1.807) is 6.08 Å². The number of phenols is 1. The molecule has 3 N–H and O–H groups in total. The molecule has 2 heterocycles. The molecule has 224 valence electrons. The fraction of sp³-hybridized carbons (Fsp3) is 0.357. The lowest BCUT2D eigenvalue weighted by Crippen LogP contribution is -2.60. The standard InChI is InChI=1S/C28H23BBrCl3N2O8/c1-43-19-8-12(7-18(31)22(19)36)21-15-5-6-16-20(17(15)10-27(32)25(39)34(11-30)26(40)28(21,27)33)24(38)35(23(16)37)14-4-2-3-13(9-14)29(41)42/h2-5,7-9,16-17,20-21,36,41-42H,6,10-11H2,1H3. The van der Waals surface area contributed by atoms with Gasteiger partial charge in [-0.15, -0.1) is 23.2 Å². The van der Waals surface area contributed by atoms with Crippen LogP contribution in [0.1, 0.15) is 24.3 Å². The molecule has 1 saturated carbocycles. The summed E-state index contributed by atoms with van der Waals surface area (Å²) in [5, 5.41) is 29.6. The zero-order chi connectivity index (χ0) is 31.2. The summed E-state index contributed by atoms with van der Waals surface area (Å²) in [4.78, 5) is 53.3. The number of benzene rings is 2.